The van der Waals surface area contributed by atoms with Crippen LogP contribution in [0.2, 0.25) is 0 Å². The van der Waals surface area contributed by atoms with E-state index in [2.05, 4.69) is 33.7 Å². The van der Waals surface area contributed by atoms with Crippen LogP contribution in [0.4, 0.5) is 5.82 Å². The Hall–Kier alpha value is -3.05. The number of nitrogens with two attached hydrogens (primary N) is 1. The number of anilines is 1. The second kappa shape index (κ2) is 11.7. The number of amides is 1. The van der Waals surface area contributed by atoms with Gasteiger partial charge < -0.3 is 15.4 Å². The molecule has 0 aromatic carbocycles. The molecule has 3 aliphatic rings. The molecule has 3 fully saturated rings. The molecule has 0 atom stereocenters. The lowest BCUT2D eigenvalue weighted by Gasteiger charge is -2.34. The Balaban J connectivity index is 1.17. The Bertz CT molecular complexity index is 1360. The van der Waals surface area contributed by atoms with Crippen molar-refractivity contribution in [1.82, 2.24) is 29.3 Å². The predicted molar refractivity (Wildman–Crippen MR) is 160 cm³/mol. The first-order valence-electron chi connectivity index (χ1n) is 15.0. The van der Waals surface area contributed by atoms with Crippen LogP contribution in [0.5, 0.6) is 5.88 Å². The molecule has 3 N–H and O–H groups in total. The highest BCUT2D eigenvalue weighted by Crippen LogP contribution is 2.50. The number of hydrogen-bond donors (Lipinski definition) is 2. The van der Waals surface area contributed by atoms with Crippen LogP contribution in [0, 0.1) is 24.7 Å². The summed E-state index contributed by atoms with van der Waals surface area (Å²) in [5, 5.41) is 9.96. The van der Waals surface area contributed by atoms with Crippen molar-refractivity contribution in [3.8, 4) is 11.7 Å². The van der Waals surface area contributed by atoms with Crippen LogP contribution >= 0.6 is 11.9 Å². The highest BCUT2D eigenvalue weighted by atomic mass is 32.2. The molecule has 0 unspecified atom stereocenters. The van der Waals surface area contributed by atoms with Crippen LogP contribution in [0.25, 0.3) is 5.82 Å². The molecule has 3 aromatic heterocycles. The summed E-state index contributed by atoms with van der Waals surface area (Å²) in [5.41, 5.74) is 7.08. The molecule has 0 spiro atoms. The number of aryl methyl sites for hydroxylation is 1. The van der Waals surface area contributed by atoms with Gasteiger partial charge in [-0.25, -0.2) is 9.67 Å². The number of pyridine rings is 1. The Labute approximate surface area is 246 Å². The number of ether oxygens (including phenoxy) is 1. The molecule has 220 valence electrons. The van der Waals surface area contributed by atoms with Gasteiger partial charge in [0.15, 0.2) is 5.82 Å². The maximum atomic E-state index is 13.5. The van der Waals surface area contributed by atoms with Crippen molar-refractivity contribution in [2.75, 3.05) is 24.6 Å². The lowest BCUT2D eigenvalue weighted by Crippen LogP contribution is -2.40. The van der Waals surface area contributed by atoms with Gasteiger partial charge >= 0.3 is 0 Å². The van der Waals surface area contributed by atoms with Gasteiger partial charge in [0.1, 0.15) is 10.8 Å². The molecule has 10 nitrogen and oxygen atoms in total. The molecule has 1 amide bonds. The Morgan fingerprint density at radius 3 is 2.66 bits per heavy atom. The third-order valence-corrected chi connectivity index (χ3v) is 9.60. The Kier molecular flexibility index (Phi) is 8.00. The average Bonchev–Trinajstić information content (AvgIpc) is 3.86. The van der Waals surface area contributed by atoms with Gasteiger partial charge in [-0.1, -0.05) is 0 Å². The largest absolute Gasteiger partial charge is 0.477 e. The highest BCUT2D eigenvalue weighted by Gasteiger charge is 2.41. The van der Waals surface area contributed by atoms with Crippen LogP contribution in [0.1, 0.15) is 74.7 Å². The van der Waals surface area contributed by atoms with Gasteiger partial charge in [-0.15, -0.1) is 5.10 Å². The van der Waals surface area contributed by atoms with E-state index in [4.69, 9.17) is 15.5 Å². The van der Waals surface area contributed by atoms with E-state index < -0.39 is 0 Å². The van der Waals surface area contributed by atoms with Crippen molar-refractivity contribution in [2.45, 2.75) is 82.8 Å². The van der Waals surface area contributed by atoms with Crippen LogP contribution in [0.3, 0.4) is 0 Å². The first kappa shape index (κ1) is 28.1. The maximum absolute atomic E-state index is 13.5. The first-order valence-corrected chi connectivity index (χ1v) is 15.8. The van der Waals surface area contributed by atoms with E-state index in [0.717, 1.165) is 54.2 Å². The number of aromatic nitrogens is 5. The molecule has 41 heavy (non-hydrogen) atoms. The smallest absolute Gasteiger partial charge is 0.265 e. The molecular weight excluding hydrogens is 536 g/mol. The Morgan fingerprint density at radius 1 is 1.20 bits per heavy atom. The van der Waals surface area contributed by atoms with Gasteiger partial charge in [-0.2, -0.15) is 5.10 Å². The maximum Gasteiger partial charge on any atom is 0.265 e. The summed E-state index contributed by atoms with van der Waals surface area (Å²) in [5.74, 6) is 4.41. The third kappa shape index (κ3) is 6.40. The predicted octanol–water partition coefficient (Wildman–Crippen LogP) is 4.75. The summed E-state index contributed by atoms with van der Waals surface area (Å²) < 4.78 is 12.6. The number of rotatable bonds is 13. The molecule has 0 radical (unpaired) electrons. The topological polar surface area (TPSA) is 116 Å². The third-order valence-electron chi connectivity index (χ3n) is 8.72. The minimum atomic E-state index is -0.204. The monoisotopic (exact) mass is 578 g/mol. The van der Waals surface area contributed by atoms with Crippen molar-refractivity contribution < 1.29 is 9.53 Å². The second-order valence-corrected chi connectivity index (χ2v) is 13.2. The normalized spacial score (nSPS) is 18.3. The van der Waals surface area contributed by atoms with Gasteiger partial charge in [-0.05, 0) is 95.6 Å². The highest BCUT2D eigenvalue weighted by molar-refractivity contribution is 7.98. The zero-order chi connectivity index (χ0) is 28.6. The van der Waals surface area contributed by atoms with Crippen LogP contribution in [-0.2, 0) is 6.54 Å². The average molecular weight is 579 g/mol. The fraction of sp³-hybridized carbons (Fsp3) is 0.600. The van der Waals surface area contributed by atoms with Gasteiger partial charge in [0, 0.05) is 54.6 Å². The zero-order valence-corrected chi connectivity index (χ0v) is 25.2. The zero-order valence-electron chi connectivity index (χ0n) is 24.4. The van der Waals surface area contributed by atoms with E-state index in [1.807, 2.05) is 37.5 Å². The summed E-state index contributed by atoms with van der Waals surface area (Å²) in [6, 6.07) is 5.59. The van der Waals surface area contributed by atoms with Crippen molar-refractivity contribution in [3.63, 3.8) is 0 Å². The molecule has 1 saturated heterocycles. The van der Waals surface area contributed by atoms with Gasteiger partial charge in [0.2, 0.25) is 5.88 Å². The number of nitrogens with one attached hydrogen (secondary N) is 1. The van der Waals surface area contributed by atoms with Crippen molar-refractivity contribution in [2.24, 2.45) is 23.5 Å². The molecule has 6 rings (SSSR count). The van der Waals surface area contributed by atoms with Crippen molar-refractivity contribution >= 4 is 23.7 Å². The van der Waals surface area contributed by atoms with E-state index in [9.17, 15) is 4.79 Å². The number of carbonyl (C=O) groups is 1. The van der Waals surface area contributed by atoms with Crippen LogP contribution in [0.15, 0.2) is 35.6 Å². The van der Waals surface area contributed by atoms with Crippen LogP contribution in [-0.4, -0.2) is 55.7 Å². The number of carbonyl (C=O) groups excluding carboxylic acids is 1. The van der Waals surface area contributed by atoms with E-state index in [1.54, 1.807) is 9.36 Å². The van der Waals surface area contributed by atoms with Gasteiger partial charge in [-0.3, -0.25) is 14.2 Å². The molecule has 2 aliphatic carbocycles. The molecule has 4 heterocycles. The van der Waals surface area contributed by atoms with Crippen molar-refractivity contribution in [1.29, 1.82) is 0 Å². The molecule has 0 bridgehead atoms. The fourth-order valence-corrected chi connectivity index (χ4v) is 6.82. The van der Waals surface area contributed by atoms with E-state index in [-0.39, 0.29) is 11.4 Å². The van der Waals surface area contributed by atoms with Gasteiger partial charge in [0.25, 0.3) is 5.91 Å². The SMILES string of the molecule is Cc1cn(CCN)nc1SNC(=O)c1ccc(-n2ccc(OCCC(C3CC3)C3CC3)n2)nc1N1CCCC1(C)C. The minimum Gasteiger partial charge on any atom is -0.477 e. The van der Waals surface area contributed by atoms with Crippen molar-refractivity contribution in [3.05, 3.63) is 41.7 Å². The number of hydrogen-bond acceptors (Lipinski definition) is 8. The second-order valence-electron chi connectivity index (χ2n) is 12.4. The molecular formula is C30H42N8O2S. The standard InChI is InChI=1S/C30H42N8O2S/c1-20-19-36(17-14-31)34-29(20)41-35-28(39)24-9-10-25(32-27(24)37-15-4-13-30(37,2)3)38-16-11-26(33-38)40-18-12-23(21-5-6-21)22-7-8-22/h9-11,16,19,21-23H,4-8,12-15,17-18,31H2,1-3H3,(H,35,39). The lowest BCUT2D eigenvalue weighted by molar-refractivity contribution is 0.0984. The molecule has 3 aromatic rings. The van der Waals surface area contributed by atoms with E-state index in [0.29, 0.717) is 42.8 Å². The lowest BCUT2D eigenvalue weighted by atomic mass is 9.95. The summed E-state index contributed by atoms with van der Waals surface area (Å²) in [4.78, 5) is 20.7. The van der Waals surface area contributed by atoms with Crippen LogP contribution < -0.4 is 20.1 Å². The summed E-state index contributed by atoms with van der Waals surface area (Å²) in [6.07, 6.45) is 12.6. The summed E-state index contributed by atoms with van der Waals surface area (Å²) >= 11 is 1.22. The number of nitrogens with zero attached hydrogens (tertiary/aromatic N) is 6. The Morgan fingerprint density at radius 2 is 1.98 bits per heavy atom. The molecule has 11 heteroatoms. The quantitative estimate of drug-likeness (QED) is 0.279. The van der Waals surface area contributed by atoms with Gasteiger partial charge in [0.05, 0.1) is 18.7 Å². The minimum absolute atomic E-state index is 0.108. The molecule has 1 aliphatic heterocycles. The molecule has 2 saturated carbocycles. The first-order chi connectivity index (χ1) is 19.8. The summed E-state index contributed by atoms with van der Waals surface area (Å²) in [7, 11) is 0. The fourth-order valence-electron chi connectivity index (χ4n) is 6.17. The van der Waals surface area contributed by atoms with E-state index >= 15 is 0 Å². The summed E-state index contributed by atoms with van der Waals surface area (Å²) in [6.45, 7) is 9.07. The van der Waals surface area contributed by atoms with E-state index in [1.165, 1.54) is 37.6 Å².